The van der Waals surface area contributed by atoms with Crippen LogP contribution in [0.25, 0.3) is 0 Å². The lowest BCUT2D eigenvalue weighted by molar-refractivity contribution is -0.923. The monoisotopic (exact) mass is 301 g/mol. The van der Waals surface area contributed by atoms with E-state index in [2.05, 4.69) is 36.7 Å². The zero-order valence-electron chi connectivity index (χ0n) is 8.45. The number of halogens is 2. The van der Waals surface area contributed by atoms with E-state index in [9.17, 15) is 0 Å². The Morgan fingerprint density at radius 3 is 1.67 bits per heavy atom. The summed E-state index contributed by atoms with van der Waals surface area (Å²) in [6, 6.07) is 0. The number of quaternary nitrogens is 1. The van der Waals surface area contributed by atoms with Crippen LogP contribution < -0.4 is 17.0 Å². The predicted molar refractivity (Wildman–Crippen MR) is 55.2 cm³/mol. The Bertz CT molecular complexity index is 84.3. The van der Waals surface area contributed by atoms with E-state index in [0.29, 0.717) is 0 Å². The molecule has 12 heavy (non-hydrogen) atoms. The molecular formula is C9H21Br2N. The molecule has 0 aliphatic carbocycles. The third-order valence-electron chi connectivity index (χ3n) is 2.78. The molecule has 0 unspecified atom stereocenters. The first-order valence-corrected chi connectivity index (χ1v) is 5.77. The van der Waals surface area contributed by atoms with Crippen molar-refractivity contribution in [1.29, 1.82) is 0 Å². The van der Waals surface area contributed by atoms with E-state index in [0.717, 1.165) is 5.33 Å². The van der Waals surface area contributed by atoms with Crippen LogP contribution in [-0.2, 0) is 0 Å². The van der Waals surface area contributed by atoms with Gasteiger partial charge in [0.15, 0.2) is 0 Å². The highest BCUT2D eigenvalue weighted by Crippen LogP contribution is 2.07. The summed E-state index contributed by atoms with van der Waals surface area (Å²) in [6.07, 6.45) is 1.30. The third-order valence-corrected chi connectivity index (χ3v) is 3.34. The molecule has 3 heteroatoms. The van der Waals surface area contributed by atoms with Gasteiger partial charge in [0.05, 0.1) is 26.2 Å². The van der Waals surface area contributed by atoms with Crippen molar-refractivity contribution in [1.82, 2.24) is 0 Å². The normalized spacial score (nSPS) is 11.0. The maximum atomic E-state index is 3.48. The minimum atomic E-state index is 0. The molecule has 0 saturated carbocycles. The van der Waals surface area contributed by atoms with Crippen LogP contribution in [0.3, 0.4) is 0 Å². The van der Waals surface area contributed by atoms with Gasteiger partial charge in [-0.3, -0.25) is 0 Å². The van der Waals surface area contributed by atoms with Gasteiger partial charge in [0.1, 0.15) is 0 Å². The molecule has 0 spiro atoms. The van der Waals surface area contributed by atoms with E-state index in [1.54, 1.807) is 0 Å². The van der Waals surface area contributed by atoms with Crippen molar-refractivity contribution in [2.24, 2.45) is 0 Å². The molecular weight excluding hydrogens is 282 g/mol. The minimum absolute atomic E-state index is 0. The maximum Gasteiger partial charge on any atom is 0.0794 e. The molecule has 0 rings (SSSR count). The van der Waals surface area contributed by atoms with Crippen molar-refractivity contribution in [3.63, 3.8) is 0 Å². The standard InChI is InChI=1S/C9H21BrN.BrH/c1-4-11(5-2,6-3)9-7-8-10;/h4-9H2,1-3H3;1H/q+1;/p-1. The summed E-state index contributed by atoms with van der Waals surface area (Å²) in [5.74, 6) is 0. The third kappa shape index (κ3) is 4.83. The number of nitrogens with zero attached hydrogens (tertiary/aromatic N) is 1. The molecule has 0 radical (unpaired) electrons. The molecule has 0 heterocycles. The highest BCUT2D eigenvalue weighted by molar-refractivity contribution is 9.09. The Kier molecular flexibility index (Phi) is 10.9. The van der Waals surface area contributed by atoms with Crippen LogP contribution >= 0.6 is 15.9 Å². The summed E-state index contributed by atoms with van der Waals surface area (Å²) in [6.45, 7) is 12.0. The second-order valence-electron chi connectivity index (χ2n) is 3.06. The Morgan fingerprint density at radius 1 is 1.00 bits per heavy atom. The predicted octanol–water partition coefficient (Wildman–Crippen LogP) is -0.348. The van der Waals surface area contributed by atoms with Gasteiger partial charge in [-0.15, -0.1) is 0 Å². The van der Waals surface area contributed by atoms with Crippen LogP contribution in [0.2, 0.25) is 0 Å². The van der Waals surface area contributed by atoms with Crippen LogP contribution in [0, 0.1) is 0 Å². The number of hydrogen-bond donors (Lipinski definition) is 0. The molecule has 0 saturated heterocycles. The fraction of sp³-hybridized carbons (Fsp3) is 1.00. The van der Waals surface area contributed by atoms with E-state index < -0.39 is 0 Å². The lowest BCUT2D eigenvalue weighted by Crippen LogP contribution is -3.00. The van der Waals surface area contributed by atoms with E-state index in [1.165, 1.54) is 37.1 Å². The second-order valence-corrected chi connectivity index (χ2v) is 3.85. The highest BCUT2D eigenvalue weighted by Gasteiger charge is 2.18. The summed E-state index contributed by atoms with van der Waals surface area (Å²) >= 11 is 3.48. The zero-order valence-corrected chi connectivity index (χ0v) is 11.6. The number of hydrogen-bond acceptors (Lipinski definition) is 0. The van der Waals surface area contributed by atoms with E-state index in [1.807, 2.05) is 0 Å². The highest BCUT2D eigenvalue weighted by atomic mass is 79.9. The average molecular weight is 303 g/mol. The van der Waals surface area contributed by atoms with Gasteiger partial charge in [0.2, 0.25) is 0 Å². The molecule has 0 bridgehead atoms. The Hall–Kier alpha value is 0.920. The summed E-state index contributed by atoms with van der Waals surface area (Å²) in [4.78, 5) is 0. The smallest absolute Gasteiger partial charge is 0.0794 e. The molecule has 0 amide bonds. The number of rotatable bonds is 6. The van der Waals surface area contributed by atoms with Gasteiger partial charge in [-0.2, -0.15) is 0 Å². The van der Waals surface area contributed by atoms with Crippen molar-refractivity contribution in [2.75, 3.05) is 31.5 Å². The van der Waals surface area contributed by atoms with Crippen LogP contribution in [0.4, 0.5) is 0 Å². The van der Waals surface area contributed by atoms with Crippen LogP contribution in [-0.4, -0.2) is 36.0 Å². The molecule has 0 N–H and O–H groups in total. The summed E-state index contributed by atoms with van der Waals surface area (Å²) < 4.78 is 1.28. The largest absolute Gasteiger partial charge is 1.00 e. The molecule has 0 fully saturated rings. The van der Waals surface area contributed by atoms with Gasteiger partial charge in [0, 0.05) is 11.8 Å². The lowest BCUT2D eigenvalue weighted by Gasteiger charge is -2.35. The number of alkyl halides is 1. The van der Waals surface area contributed by atoms with Crippen LogP contribution in [0.15, 0.2) is 0 Å². The van der Waals surface area contributed by atoms with Gasteiger partial charge in [-0.05, 0) is 20.8 Å². The van der Waals surface area contributed by atoms with E-state index >= 15 is 0 Å². The molecule has 0 aliphatic heterocycles. The Labute approximate surface area is 96.0 Å². The van der Waals surface area contributed by atoms with Gasteiger partial charge >= 0.3 is 0 Å². The van der Waals surface area contributed by atoms with Gasteiger partial charge in [-0.1, -0.05) is 15.9 Å². The van der Waals surface area contributed by atoms with Crippen LogP contribution in [0.1, 0.15) is 27.2 Å². The molecule has 0 atom stereocenters. The first-order valence-electron chi connectivity index (χ1n) is 4.65. The van der Waals surface area contributed by atoms with Crippen LogP contribution in [0.5, 0.6) is 0 Å². The average Bonchev–Trinajstić information content (AvgIpc) is 2.08. The summed E-state index contributed by atoms with van der Waals surface area (Å²) in [5, 5.41) is 1.15. The van der Waals surface area contributed by atoms with Crippen molar-refractivity contribution in [2.45, 2.75) is 27.2 Å². The molecule has 0 aliphatic rings. The van der Waals surface area contributed by atoms with Crippen molar-refractivity contribution in [3.8, 4) is 0 Å². The first kappa shape index (κ1) is 15.4. The SMILES string of the molecule is CC[N+](CC)(CC)CCCBr.[Br-]. The van der Waals surface area contributed by atoms with E-state index in [4.69, 9.17) is 0 Å². The lowest BCUT2D eigenvalue weighted by atomic mass is 10.3. The molecule has 0 aromatic carbocycles. The Morgan fingerprint density at radius 2 is 1.42 bits per heavy atom. The summed E-state index contributed by atoms with van der Waals surface area (Å²) in [7, 11) is 0. The molecule has 1 nitrogen and oxygen atoms in total. The fourth-order valence-corrected chi connectivity index (χ4v) is 1.79. The topological polar surface area (TPSA) is 0 Å². The van der Waals surface area contributed by atoms with E-state index in [-0.39, 0.29) is 17.0 Å². The minimum Gasteiger partial charge on any atom is -1.00 e. The molecule has 76 valence electrons. The van der Waals surface area contributed by atoms with Crippen molar-refractivity contribution >= 4 is 15.9 Å². The van der Waals surface area contributed by atoms with Gasteiger partial charge in [-0.25, -0.2) is 0 Å². The maximum absolute atomic E-state index is 3.48. The summed E-state index contributed by atoms with van der Waals surface area (Å²) in [5.41, 5.74) is 0. The van der Waals surface area contributed by atoms with Gasteiger partial charge < -0.3 is 21.5 Å². The van der Waals surface area contributed by atoms with Crippen molar-refractivity contribution in [3.05, 3.63) is 0 Å². The zero-order chi connectivity index (χ0) is 8.74. The molecule has 0 aromatic heterocycles. The molecule has 0 aromatic rings. The second kappa shape index (κ2) is 8.52. The Balaban J connectivity index is 0. The quantitative estimate of drug-likeness (QED) is 0.465. The van der Waals surface area contributed by atoms with Crippen molar-refractivity contribution < 1.29 is 21.5 Å². The van der Waals surface area contributed by atoms with Gasteiger partial charge in [0.25, 0.3) is 0 Å². The fourth-order valence-electron chi connectivity index (χ4n) is 1.54. The first-order chi connectivity index (χ1) is 5.24.